The van der Waals surface area contributed by atoms with Gasteiger partial charge < -0.3 is 54.5 Å². The molecule has 0 saturated carbocycles. The van der Waals surface area contributed by atoms with Gasteiger partial charge in [0, 0.05) is 81.5 Å². The van der Waals surface area contributed by atoms with Crippen LogP contribution in [0, 0.1) is 18.2 Å². The number of nitrogens with one attached hydrogen (secondary N) is 2. The predicted octanol–water partition coefficient (Wildman–Crippen LogP) is 8.46. The van der Waals surface area contributed by atoms with E-state index in [-0.39, 0.29) is 84.8 Å². The number of phenolic OH excluding ortho intramolecular Hbond substituents is 1. The monoisotopic (exact) mass is 1180 g/mol. The summed E-state index contributed by atoms with van der Waals surface area (Å²) in [5.74, 6) is -1.15. The van der Waals surface area contributed by atoms with Crippen molar-refractivity contribution in [3.8, 4) is 33.3 Å². The van der Waals surface area contributed by atoms with Gasteiger partial charge in [-0.05, 0) is 83.8 Å². The number of hydrogen-bond donors (Lipinski definition) is 4. The zero-order valence-corrected chi connectivity index (χ0v) is 49.4. The van der Waals surface area contributed by atoms with Crippen LogP contribution in [0.2, 0.25) is 5.02 Å². The number of benzene rings is 4. The minimum absolute atomic E-state index is 0.00914. The lowest BCUT2D eigenvalue weighted by molar-refractivity contribution is -0.141. The van der Waals surface area contributed by atoms with Crippen molar-refractivity contribution in [3.05, 3.63) is 119 Å². The molecule has 18 nitrogen and oxygen atoms in total. The Morgan fingerprint density at radius 1 is 0.928 bits per heavy atom. The van der Waals surface area contributed by atoms with Crippen molar-refractivity contribution in [2.45, 2.75) is 84.2 Å². The molecule has 21 heteroatoms. The third-order valence-corrected chi connectivity index (χ3v) is 16.9. The summed E-state index contributed by atoms with van der Waals surface area (Å²) in [6.07, 6.45) is 2.54. The number of rotatable bonds is 23. The van der Waals surface area contributed by atoms with Crippen LogP contribution in [0.4, 0.5) is 10.2 Å². The van der Waals surface area contributed by atoms with Crippen LogP contribution in [0.3, 0.4) is 0 Å². The molecule has 0 bridgehead atoms. The summed E-state index contributed by atoms with van der Waals surface area (Å²) < 4.78 is 40.8. The summed E-state index contributed by atoms with van der Waals surface area (Å²) >= 11 is 8.52. The van der Waals surface area contributed by atoms with Gasteiger partial charge in [-0.25, -0.2) is 9.37 Å². The van der Waals surface area contributed by atoms with Gasteiger partial charge in [-0.1, -0.05) is 94.1 Å². The van der Waals surface area contributed by atoms with Crippen molar-refractivity contribution >= 4 is 68.2 Å². The van der Waals surface area contributed by atoms with E-state index < -0.39 is 35.3 Å². The average molecular weight is 1180 g/mol. The van der Waals surface area contributed by atoms with Crippen LogP contribution in [0.15, 0.2) is 97.2 Å². The molecule has 83 heavy (non-hydrogen) atoms. The number of likely N-dealkylation sites (tertiary alicyclic amines) is 2. The summed E-state index contributed by atoms with van der Waals surface area (Å²) in [4.78, 5) is 62.3. The van der Waals surface area contributed by atoms with Crippen LogP contribution in [-0.2, 0) is 28.6 Å². The predicted molar refractivity (Wildman–Crippen MR) is 321 cm³/mol. The first-order valence-electron chi connectivity index (χ1n) is 28.3. The first-order chi connectivity index (χ1) is 39.9. The number of nitrogens with zero attached hydrogens (tertiary/aromatic N) is 7. The summed E-state index contributed by atoms with van der Waals surface area (Å²) in [7, 11) is 0. The minimum atomic E-state index is -0.883. The fourth-order valence-corrected chi connectivity index (χ4v) is 12.2. The maximum Gasteiger partial charge on any atom is 0.319 e. The van der Waals surface area contributed by atoms with E-state index in [1.807, 2.05) is 69.3 Å². The van der Waals surface area contributed by atoms with Crippen molar-refractivity contribution in [2.75, 3.05) is 96.9 Å². The summed E-state index contributed by atoms with van der Waals surface area (Å²) in [5.41, 5.74) is 5.50. The normalized spacial score (nSPS) is 17.9. The highest BCUT2D eigenvalue weighted by Crippen LogP contribution is 2.43. The van der Waals surface area contributed by atoms with E-state index >= 15 is 4.39 Å². The molecule has 3 amide bonds. The molecule has 3 aliphatic rings. The number of anilines is 1. The topological polar surface area (TPSA) is 204 Å². The van der Waals surface area contributed by atoms with Crippen LogP contribution >= 0.6 is 22.9 Å². The highest BCUT2D eigenvalue weighted by atomic mass is 35.5. The van der Waals surface area contributed by atoms with E-state index in [1.54, 1.807) is 33.3 Å². The Balaban J connectivity index is 0.697. The Morgan fingerprint density at radius 2 is 1.65 bits per heavy atom. The fourth-order valence-electron chi connectivity index (χ4n) is 11.1. The summed E-state index contributed by atoms with van der Waals surface area (Å²) in [6, 6.07) is 19.0. The molecular weight excluding hydrogens is 1100 g/mol. The number of aromatic nitrogens is 3. The van der Waals surface area contributed by atoms with Crippen molar-refractivity contribution in [3.63, 3.8) is 0 Å². The van der Waals surface area contributed by atoms with Gasteiger partial charge in [-0.2, -0.15) is 9.97 Å². The van der Waals surface area contributed by atoms with Crippen molar-refractivity contribution in [2.24, 2.45) is 5.41 Å². The zero-order chi connectivity index (χ0) is 59.0. The Morgan fingerprint density at radius 3 is 2.36 bits per heavy atom. The molecule has 3 aliphatic heterocycles. The molecule has 4 atom stereocenters. The zero-order valence-electron chi connectivity index (χ0n) is 47.9. The standard InChI is InChI=1S/C62H75ClFN9O9S/c1-8-53(77)71-21-23-72(24-22-71)59-49-34-50(63)54(48-32-44(74)31-43-11-9-10-12-47(43)48)55(64)56(49)68-61(69-59)82-26-25-70-19-17-46(18-20-70)81-30-29-79-27-28-80-36-52(76)67-58(62(5,6)7)60(78)73-35-45(75)33-51(73)39(3)66-38(2)41-13-15-42(16-14-41)57-40(4)65-37-83-57/h8-16,31-32,34,37-38,45-46,51,58,66,74-75H,1,3,17-30,33,35-36H2,2,4-7H3,(H,67,76)/t38-,45+,51-,58+/m0/s1. The maximum atomic E-state index is 17.1. The molecule has 442 valence electrons. The Hall–Kier alpha value is -6.78. The molecule has 3 fully saturated rings. The number of carbonyl (C=O) groups is 3. The van der Waals surface area contributed by atoms with Gasteiger partial charge in [0.2, 0.25) is 17.7 Å². The van der Waals surface area contributed by atoms with E-state index in [4.69, 9.17) is 35.5 Å². The first-order valence-corrected chi connectivity index (χ1v) is 29.6. The number of amides is 3. The van der Waals surface area contributed by atoms with Crippen molar-refractivity contribution < 1.29 is 47.9 Å². The van der Waals surface area contributed by atoms with Gasteiger partial charge in [0.05, 0.1) is 65.8 Å². The number of β-amino-alcohol motifs (C(OH)–C–C–N with tert-alkyl or cyclic N) is 1. The number of thiazole rings is 1. The fraction of sp³-hybridized carbons (Fsp3) is 0.452. The molecule has 0 unspecified atom stereocenters. The summed E-state index contributed by atoms with van der Waals surface area (Å²) in [6.45, 7) is 22.7. The van der Waals surface area contributed by atoms with Crippen molar-refractivity contribution in [1.82, 2.24) is 40.3 Å². The van der Waals surface area contributed by atoms with Gasteiger partial charge in [-0.15, -0.1) is 11.3 Å². The number of hydrogen-bond acceptors (Lipinski definition) is 16. The number of aromatic hydroxyl groups is 1. The highest BCUT2D eigenvalue weighted by molar-refractivity contribution is 7.13. The number of piperazine rings is 1. The molecule has 9 rings (SSSR count). The smallest absolute Gasteiger partial charge is 0.319 e. The largest absolute Gasteiger partial charge is 0.508 e. The number of aliphatic hydroxyl groups excluding tert-OH is 1. The minimum Gasteiger partial charge on any atom is -0.508 e. The number of aliphatic hydroxyl groups is 1. The van der Waals surface area contributed by atoms with Gasteiger partial charge >= 0.3 is 6.01 Å². The lowest BCUT2D eigenvalue weighted by atomic mass is 9.85. The Bertz CT molecular complexity index is 3290. The molecule has 0 aliphatic carbocycles. The maximum absolute atomic E-state index is 17.1. The molecule has 4 N–H and O–H groups in total. The molecule has 4 aromatic carbocycles. The van der Waals surface area contributed by atoms with Gasteiger partial charge in [-0.3, -0.25) is 19.3 Å². The molecule has 3 saturated heterocycles. The highest BCUT2D eigenvalue weighted by Gasteiger charge is 2.43. The van der Waals surface area contributed by atoms with E-state index in [2.05, 4.69) is 62.9 Å². The Labute approximate surface area is 493 Å². The van der Waals surface area contributed by atoms with E-state index in [1.165, 1.54) is 12.1 Å². The van der Waals surface area contributed by atoms with Gasteiger partial charge in [0.1, 0.15) is 36.3 Å². The third kappa shape index (κ3) is 14.8. The average Bonchev–Trinajstić information content (AvgIpc) is 3.91. The number of carbonyl (C=O) groups excluding carboxylic acids is 3. The van der Waals surface area contributed by atoms with Crippen LogP contribution in [0.5, 0.6) is 11.8 Å². The number of aryl methyl sites for hydroxylation is 1. The third-order valence-electron chi connectivity index (χ3n) is 15.6. The molecule has 0 spiro atoms. The SMILES string of the molecule is C=CC(=O)N1CCN(c2nc(OCCN3CCC(OCCOCCOCC(=O)N[C@H](C(=O)N4C[C@H](O)C[C@H]4C(=C)N[C@@H](C)c4ccc(-c5scnc5C)cc4)C(C)(C)C)CC3)nc3c(F)c(-c4cc(O)cc5ccccc45)c(Cl)cc23)CC1. The molecular formula is C62H75ClFN9O9S. The molecule has 5 heterocycles. The number of halogens is 2. The number of phenols is 1. The molecule has 6 aromatic rings. The quantitative estimate of drug-likeness (QED) is 0.0351. The number of fused-ring (bicyclic) bond motifs is 2. The number of ether oxygens (including phenoxy) is 4. The lowest BCUT2D eigenvalue weighted by Crippen LogP contribution is -2.57. The van der Waals surface area contributed by atoms with Crippen LogP contribution < -0.4 is 20.3 Å². The van der Waals surface area contributed by atoms with Crippen molar-refractivity contribution in [1.29, 1.82) is 0 Å². The second-order valence-corrected chi connectivity index (χ2v) is 23.7. The first kappa shape index (κ1) is 60.8. The second-order valence-electron chi connectivity index (χ2n) is 22.5. The Kier molecular flexibility index (Phi) is 20.0. The van der Waals surface area contributed by atoms with Crippen LogP contribution in [0.1, 0.15) is 64.3 Å². The van der Waals surface area contributed by atoms with Crippen LogP contribution in [0.25, 0.3) is 43.2 Å². The number of piperidine rings is 1. The van der Waals surface area contributed by atoms with E-state index in [0.29, 0.717) is 80.2 Å². The molecule has 0 radical (unpaired) electrons. The van der Waals surface area contributed by atoms with Gasteiger partial charge in [0.25, 0.3) is 0 Å². The molecule has 2 aromatic heterocycles. The lowest BCUT2D eigenvalue weighted by Gasteiger charge is -2.36. The van der Waals surface area contributed by atoms with E-state index in [0.717, 1.165) is 53.0 Å². The van der Waals surface area contributed by atoms with Gasteiger partial charge in [0.15, 0.2) is 5.82 Å². The second kappa shape index (κ2) is 27.3. The van der Waals surface area contributed by atoms with E-state index in [9.17, 15) is 24.6 Å². The summed E-state index contributed by atoms with van der Waals surface area (Å²) in [5, 5.41) is 29.8. The van der Waals surface area contributed by atoms with Crippen LogP contribution in [-0.4, -0.2) is 174 Å².